The molecule has 0 aliphatic heterocycles. The van der Waals surface area contributed by atoms with Crippen LogP contribution in [0.2, 0.25) is 10.3 Å². The van der Waals surface area contributed by atoms with E-state index >= 15 is 0 Å². The summed E-state index contributed by atoms with van der Waals surface area (Å²) < 4.78 is 11.6. The number of benzene rings is 1. The van der Waals surface area contributed by atoms with Crippen molar-refractivity contribution in [2.24, 2.45) is 5.16 Å². The highest BCUT2D eigenvalue weighted by Crippen LogP contribution is 2.33. The van der Waals surface area contributed by atoms with E-state index in [1.54, 1.807) is 26.2 Å². The maximum absolute atomic E-state index is 11.7. The molecule has 1 aliphatic rings. The Kier molecular flexibility index (Phi) is 7.94. The van der Waals surface area contributed by atoms with Gasteiger partial charge in [0.1, 0.15) is 10.3 Å². The summed E-state index contributed by atoms with van der Waals surface area (Å²) in [6, 6.07) is 8.93. The average Bonchev–Trinajstić information content (AvgIpc) is 3.23. The molecular weight excluding hydrogens is 427 g/mol. The molecule has 1 aromatic carbocycles. The Balaban J connectivity index is 1.94. The van der Waals surface area contributed by atoms with E-state index in [4.69, 9.17) is 37.5 Å². The zero-order valence-corrected chi connectivity index (χ0v) is 18.5. The fourth-order valence-corrected chi connectivity index (χ4v) is 3.81. The van der Waals surface area contributed by atoms with E-state index in [1.165, 1.54) is 0 Å². The minimum atomic E-state index is -0.422. The summed E-state index contributed by atoms with van der Waals surface area (Å²) in [6.07, 6.45) is 5.11. The maximum atomic E-state index is 11.7. The lowest BCUT2D eigenvalue weighted by atomic mass is 10.0. The average molecular weight is 451 g/mol. The zero-order valence-electron chi connectivity index (χ0n) is 17.0. The molecule has 1 heterocycles. The highest BCUT2D eigenvalue weighted by molar-refractivity contribution is 6.32. The Bertz CT molecular complexity index is 907. The van der Waals surface area contributed by atoms with E-state index in [9.17, 15) is 4.79 Å². The molecule has 30 heavy (non-hydrogen) atoms. The number of methoxy groups -OCH3 is 1. The summed E-state index contributed by atoms with van der Waals surface area (Å²) in [7, 11) is 1.61. The van der Waals surface area contributed by atoms with Crippen molar-refractivity contribution in [3.8, 4) is 11.5 Å². The molecule has 0 spiro atoms. The van der Waals surface area contributed by atoms with Crippen LogP contribution in [0.1, 0.15) is 50.2 Å². The molecule has 1 aliphatic carbocycles. The third-order valence-corrected chi connectivity index (χ3v) is 5.22. The molecule has 0 amide bonds. The van der Waals surface area contributed by atoms with Crippen molar-refractivity contribution >= 4 is 34.9 Å². The van der Waals surface area contributed by atoms with Gasteiger partial charge in [0.2, 0.25) is 0 Å². The molecule has 3 rings (SSSR count). The molecule has 1 fully saturated rings. The number of hydrogen-bond acceptors (Lipinski definition) is 6. The van der Waals surface area contributed by atoms with Gasteiger partial charge in [-0.15, -0.1) is 0 Å². The Labute approximate surface area is 186 Å². The second-order valence-electron chi connectivity index (χ2n) is 7.04. The van der Waals surface area contributed by atoms with Gasteiger partial charge in [0.25, 0.3) is 0 Å². The van der Waals surface area contributed by atoms with Crippen LogP contribution in [0, 0.1) is 0 Å². The molecule has 1 saturated carbocycles. The van der Waals surface area contributed by atoms with Crippen molar-refractivity contribution in [3.63, 3.8) is 0 Å². The summed E-state index contributed by atoms with van der Waals surface area (Å²) in [6.45, 7) is 1.71. The molecule has 2 aromatic rings. The van der Waals surface area contributed by atoms with Gasteiger partial charge in [0.15, 0.2) is 11.5 Å². The molecule has 160 valence electrons. The Morgan fingerprint density at radius 3 is 2.47 bits per heavy atom. The lowest BCUT2D eigenvalue weighted by molar-refractivity contribution is -0.143. The van der Waals surface area contributed by atoms with Crippen molar-refractivity contribution < 1.29 is 19.1 Å². The van der Waals surface area contributed by atoms with Gasteiger partial charge >= 0.3 is 5.97 Å². The predicted octanol–water partition coefficient (Wildman–Crippen LogP) is 5.62. The van der Waals surface area contributed by atoms with Crippen LogP contribution in [0.15, 0.2) is 35.5 Å². The number of carbonyl (C=O) groups excluding carboxylic acids is 1. The van der Waals surface area contributed by atoms with Crippen LogP contribution < -0.4 is 9.47 Å². The first-order chi connectivity index (χ1) is 14.5. The molecule has 1 aromatic heterocycles. The first kappa shape index (κ1) is 22.4. The Hall–Kier alpha value is -2.31. The van der Waals surface area contributed by atoms with E-state index in [1.807, 2.05) is 18.2 Å². The minimum absolute atomic E-state index is 0.172. The molecule has 0 bridgehead atoms. The van der Waals surface area contributed by atoms with Gasteiger partial charge in [-0.25, -0.2) is 9.78 Å². The monoisotopic (exact) mass is 450 g/mol. The van der Waals surface area contributed by atoms with E-state index < -0.39 is 5.97 Å². The van der Waals surface area contributed by atoms with Crippen LogP contribution in [0.3, 0.4) is 0 Å². The number of pyridine rings is 1. The second-order valence-corrected chi connectivity index (χ2v) is 7.82. The van der Waals surface area contributed by atoms with Gasteiger partial charge in [-0.2, -0.15) is 0 Å². The van der Waals surface area contributed by atoms with Crippen molar-refractivity contribution in [1.29, 1.82) is 0 Å². The largest absolute Gasteiger partial charge is 0.493 e. The number of halogens is 2. The van der Waals surface area contributed by atoms with Crippen LogP contribution in [-0.4, -0.2) is 29.9 Å². The lowest BCUT2D eigenvalue weighted by Gasteiger charge is -2.17. The highest BCUT2D eigenvalue weighted by Gasteiger charge is 2.20. The number of hydrogen-bond donors (Lipinski definition) is 0. The van der Waals surface area contributed by atoms with E-state index in [2.05, 4.69) is 10.1 Å². The van der Waals surface area contributed by atoms with E-state index in [0.717, 1.165) is 36.8 Å². The standard InChI is InChI=1S/C22H24Cl2N2O4/c1-3-22(27)30-26-17(10-14-11-20(23)25-21(24)12-14)15-8-9-18(28-2)19(13-15)29-16-6-4-5-7-16/h8-9,11-13,16H,3-7,10H2,1-2H3. The number of ether oxygens (including phenoxy) is 2. The third-order valence-electron chi connectivity index (χ3n) is 4.83. The fourth-order valence-electron chi connectivity index (χ4n) is 3.30. The van der Waals surface area contributed by atoms with E-state index in [0.29, 0.717) is 23.6 Å². The number of carbonyl (C=O) groups is 1. The predicted molar refractivity (Wildman–Crippen MR) is 117 cm³/mol. The smallest absolute Gasteiger partial charge is 0.334 e. The Morgan fingerprint density at radius 2 is 1.83 bits per heavy atom. The van der Waals surface area contributed by atoms with Crippen LogP contribution in [0.5, 0.6) is 11.5 Å². The highest BCUT2D eigenvalue weighted by atomic mass is 35.5. The quantitative estimate of drug-likeness (QED) is 0.226. The van der Waals surface area contributed by atoms with E-state index in [-0.39, 0.29) is 22.8 Å². The maximum Gasteiger partial charge on any atom is 0.334 e. The van der Waals surface area contributed by atoms with Crippen LogP contribution in [0.4, 0.5) is 0 Å². The Morgan fingerprint density at radius 1 is 1.13 bits per heavy atom. The fraction of sp³-hybridized carbons (Fsp3) is 0.409. The molecule has 8 heteroatoms. The van der Waals surface area contributed by atoms with Crippen LogP contribution >= 0.6 is 23.2 Å². The van der Waals surface area contributed by atoms with Crippen LogP contribution in [0.25, 0.3) is 0 Å². The lowest BCUT2D eigenvalue weighted by Crippen LogP contribution is -2.13. The minimum Gasteiger partial charge on any atom is -0.493 e. The summed E-state index contributed by atoms with van der Waals surface area (Å²) >= 11 is 12.1. The molecule has 0 N–H and O–H groups in total. The van der Waals surface area contributed by atoms with Gasteiger partial charge in [-0.1, -0.05) is 35.3 Å². The van der Waals surface area contributed by atoms with Crippen molar-refractivity contribution in [2.75, 3.05) is 7.11 Å². The molecule has 0 atom stereocenters. The zero-order chi connectivity index (χ0) is 21.5. The van der Waals surface area contributed by atoms with Gasteiger partial charge in [-0.3, -0.25) is 0 Å². The summed E-state index contributed by atoms with van der Waals surface area (Å²) in [5, 5.41) is 4.67. The molecule has 0 unspecified atom stereocenters. The molecular formula is C22H24Cl2N2O4. The third kappa shape index (κ3) is 6.09. The van der Waals surface area contributed by atoms with Crippen molar-refractivity contribution in [2.45, 2.75) is 51.6 Å². The normalized spacial score (nSPS) is 14.6. The first-order valence-electron chi connectivity index (χ1n) is 9.92. The molecule has 0 saturated heterocycles. The molecule has 0 radical (unpaired) electrons. The summed E-state index contributed by atoms with van der Waals surface area (Å²) in [4.78, 5) is 20.7. The number of nitrogens with zero attached hydrogens (tertiary/aromatic N) is 2. The number of oxime groups is 1. The van der Waals surface area contributed by atoms with Gasteiger partial charge in [0, 0.05) is 18.4 Å². The molecule has 6 nitrogen and oxygen atoms in total. The first-order valence-corrected chi connectivity index (χ1v) is 10.7. The SMILES string of the molecule is CCC(=O)ON=C(Cc1cc(Cl)nc(Cl)c1)c1ccc(OC)c(OC2CCCC2)c1. The summed E-state index contributed by atoms with van der Waals surface area (Å²) in [5.41, 5.74) is 2.08. The summed E-state index contributed by atoms with van der Waals surface area (Å²) in [5.74, 6) is 0.863. The second kappa shape index (κ2) is 10.6. The van der Waals surface area contributed by atoms with Gasteiger partial charge in [0.05, 0.1) is 18.9 Å². The number of aromatic nitrogens is 1. The van der Waals surface area contributed by atoms with Crippen LogP contribution in [-0.2, 0) is 16.1 Å². The van der Waals surface area contributed by atoms with Crippen molar-refractivity contribution in [3.05, 3.63) is 51.8 Å². The van der Waals surface area contributed by atoms with Crippen molar-refractivity contribution in [1.82, 2.24) is 4.98 Å². The topological polar surface area (TPSA) is 70.0 Å². The van der Waals surface area contributed by atoms with Gasteiger partial charge in [-0.05, 0) is 61.6 Å². The van der Waals surface area contributed by atoms with Gasteiger partial charge < -0.3 is 14.3 Å². The number of rotatable bonds is 8.